The molecular weight excluding hydrogens is 292 g/mol. The van der Waals surface area contributed by atoms with E-state index in [0.717, 1.165) is 28.2 Å². The Kier molecular flexibility index (Phi) is 2.38. The Bertz CT molecular complexity index is 863. The van der Waals surface area contributed by atoms with Crippen LogP contribution in [0.1, 0.15) is 21.6 Å². The van der Waals surface area contributed by atoms with E-state index < -0.39 is 10.0 Å². The topological polar surface area (TPSA) is 72.5 Å². The van der Waals surface area contributed by atoms with Crippen molar-refractivity contribution in [2.24, 2.45) is 10.1 Å². The molecule has 0 radical (unpaired) electrons. The summed E-state index contributed by atoms with van der Waals surface area (Å²) in [5, 5.41) is 0. The van der Waals surface area contributed by atoms with E-state index in [-0.39, 0.29) is 11.6 Å². The molecule has 0 bridgehead atoms. The standard InChI is InChI=1S/C14H12N2O2S2/c15-14-12-10-6-5-8-3-1-2-4-9(8)13(10)19-11(12)7-20(17,18)16-14/h1-4H,5-7H2,(H2,15,16). The van der Waals surface area contributed by atoms with Crippen molar-refractivity contribution < 1.29 is 8.42 Å². The first-order valence-electron chi connectivity index (χ1n) is 6.36. The molecule has 102 valence electrons. The number of thiophene rings is 1. The van der Waals surface area contributed by atoms with Crippen LogP contribution in [0.15, 0.2) is 28.7 Å². The zero-order valence-electron chi connectivity index (χ0n) is 10.6. The lowest BCUT2D eigenvalue weighted by Gasteiger charge is -2.17. The van der Waals surface area contributed by atoms with Gasteiger partial charge in [0.2, 0.25) is 0 Å². The van der Waals surface area contributed by atoms with Crippen molar-refractivity contribution in [2.45, 2.75) is 18.6 Å². The van der Waals surface area contributed by atoms with Crippen LogP contribution in [0.3, 0.4) is 0 Å². The molecule has 0 spiro atoms. The lowest BCUT2D eigenvalue weighted by Crippen LogP contribution is -2.24. The van der Waals surface area contributed by atoms with Gasteiger partial charge in [0, 0.05) is 15.3 Å². The van der Waals surface area contributed by atoms with Crippen molar-refractivity contribution in [3.05, 3.63) is 45.8 Å². The van der Waals surface area contributed by atoms with E-state index >= 15 is 0 Å². The van der Waals surface area contributed by atoms with Crippen LogP contribution in [0.25, 0.3) is 10.4 Å². The minimum absolute atomic E-state index is 0.0249. The summed E-state index contributed by atoms with van der Waals surface area (Å²) in [6, 6.07) is 8.28. The Balaban J connectivity index is 2.00. The Morgan fingerprint density at radius 1 is 1.20 bits per heavy atom. The van der Waals surface area contributed by atoms with Gasteiger partial charge >= 0.3 is 0 Å². The first-order valence-corrected chi connectivity index (χ1v) is 8.79. The molecule has 20 heavy (non-hydrogen) atoms. The smallest absolute Gasteiger partial charge is 0.260 e. The van der Waals surface area contributed by atoms with Crippen molar-refractivity contribution in [2.75, 3.05) is 0 Å². The van der Waals surface area contributed by atoms with Gasteiger partial charge in [-0.3, -0.25) is 0 Å². The van der Waals surface area contributed by atoms with Gasteiger partial charge in [-0.2, -0.15) is 0 Å². The number of sulfonamides is 1. The Hall–Kier alpha value is -1.66. The Labute approximate surface area is 121 Å². The number of amidine groups is 1. The summed E-state index contributed by atoms with van der Waals surface area (Å²) >= 11 is 1.55. The van der Waals surface area contributed by atoms with Gasteiger partial charge < -0.3 is 5.73 Å². The molecule has 2 aromatic rings. The van der Waals surface area contributed by atoms with Crippen molar-refractivity contribution >= 4 is 27.2 Å². The average molecular weight is 304 g/mol. The zero-order chi connectivity index (χ0) is 13.9. The predicted molar refractivity (Wildman–Crippen MR) is 80.5 cm³/mol. The number of fused-ring (bicyclic) bond motifs is 5. The fraction of sp³-hybridized carbons (Fsp3) is 0.214. The van der Waals surface area contributed by atoms with Gasteiger partial charge in [0.1, 0.15) is 11.6 Å². The molecule has 2 N–H and O–H groups in total. The summed E-state index contributed by atoms with van der Waals surface area (Å²) in [5.41, 5.74) is 10.4. The molecule has 4 nitrogen and oxygen atoms in total. The maximum absolute atomic E-state index is 11.7. The maximum atomic E-state index is 11.7. The molecule has 0 amide bonds. The van der Waals surface area contributed by atoms with Crippen molar-refractivity contribution in [1.29, 1.82) is 0 Å². The van der Waals surface area contributed by atoms with E-state index in [2.05, 4.69) is 16.5 Å². The number of hydrogen-bond acceptors (Lipinski definition) is 4. The van der Waals surface area contributed by atoms with Gasteiger partial charge in [0.05, 0.1) is 0 Å². The van der Waals surface area contributed by atoms with E-state index in [0.29, 0.717) is 0 Å². The van der Waals surface area contributed by atoms with Crippen LogP contribution in [0.2, 0.25) is 0 Å². The summed E-state index contributed by atoms with van der Waals surface area (Å²) in [6.45, 7) is 0. The van der Waals surface area contributed by atoms with Crippen LogP contribution in [0.4, 0.5) is 0 Å². The highest BCUT2D eigenvalue weighted by atomic mass is 32.2. The molecule has 2 aliphatic rings. The minimum atomic E-state index is -3.45. The molecule has 4 rings (SSSR count). The summed E-state index contributed by atoms with van der Waals surface area (Å²) in [7, 11) is -3.45. The van der Waals surface area contributed by atoms with E-state index in [1.807, 2.05) is 12.1 Å². The van der Waals surface area contributed by atoms with Crippen molar-refractivity contribution in [3.63, 3.8) is 0 Å². The number of nitrogens with zero attached hydrogens (tertiary/aromatic N) is 1. The molecule has 0 fully saturated rings. The third-order valence-corrected chi connectivity index (χ3v) is 6.37. The Morgan fingerprint density at radius 3 is 2.85 bits per heavy atom. The van der Waals surface area contributed by atoms with Crippen LogP contribution in [-0.4, -0.2) is 14.3 Å². The van der Waals surface area contributed by atoms with E-state index in [9.17, 15) is 8.42 Å². The Morgan fingerprint density at radius 2 is 2.00 bits per heavy atom. The van der Waals surface area contributed by atoms with E-state index in [4.69, 9.17) is 5.73 Å². The molecule has 6 heteroatoms. The normalized spacial score (nSPS) is 18.7. The van der Waals surface area contributed by atoms with Crippen LogP contribution in [0, 0.1) is 0 Å². The molecule has 1 aliphatic heterocycles. The predicted octanol–water partition coefficient (Wildman–Crippen LogP) is 2.06. The van der Waals surface area contributed by atoms with Crippen LogP contribution >= 0.6 is 11.3 Å². The number of nitrogens with two attached hydrogens (primary N) is 1. The van der Waals surface area contributed by atoms with Crippen LogP contribution in [0.5, 0.6) is 0 Å². The second kappa shape index (κ2) is 3.93. The molecule has 0 unspecified atom stereocenters. The summed E-state index contributed by atoms with van der Waals surface area (Å²) in [5.74, 6) is 0.131. The molecule has 0 atom stereocenters. The number of benzene rings is 1. The van der Waals surface area contributed by atoms with Crippen molar-refractivity contribution in [3.8, 4) is 10.4 Å². The molecular formula is C14H12N2O2S2. The highest BCUT2D eigenvalue weighted by molar-refractivity contribution is 7.89. The summed E-state index contributed by atoms with van der Waals surface area (Å²) < 4.78 is 27.1. The first-order chi connectivity index (χ1) is 9.55. The lowest BCUT2D eigenvalue weighted by molar-refractivity contribution is 0.597. The van der Waals surface area contributed by atoms with Crippen molar-refractivity contribution in [1.82, 2.24) is 0 Å². The lowest BCUT2D eigenvalue weighted by atomic mass is 9.89. The fourth-order valence-electron chi connectivity index (χ4n) is 2.99. The average Bonchev–Trinajstić information content (AvgIpc) is 2.75. The van der Waals surface area contributed by atoms with Gasteiger partial charge in [-0.15, -0.1) is 15.7 Å². The second-order valence-corrected chi connectivity index (χ2v) is 7.81. The molecule has 0 saturated heterocycles. The number of rotatable bonds is 0. The summed E-state index contributed by atoms with van der Waals surface area (Å²) in [6.07, 6.45) is 1.86. The number of aryl methyl sites for hydroxylation is 1. The zero-order valence-corrected chi connectivity index (χ0v) is 12.2. The largest absolute Gasteiger partial charge is 0.382 e. The van der Waals surface area contributed by atoms with Gasteiger partial charge in [-0.05, 0) is 29.5 Å². The van der Waals surface area contributed by atoms with E-state index in [1.54, 1.807) is 11.3 Å². The number of hydrogen-bond donors (Lipinski definition) is 1. The first kappa shape index (κ1) is 12.1. The highest BCUT2D eigenvalue weighted by Gasteiger charge is 2.31. The third kappa shape index (κ3) is 1.65. The summed E-state index contributed by atoms with van der Waals surface area (Å²) in [4.78, 5) is 1.99. The van der Waals surface area contributed by atoms with Gasteiger partial charge in [0.15, 0.2) is 0 Å². The van der Waals surface area contributed by atoms with Gasteiger partial charge in [-0.25, -0.2) is 8.42 Å². The second-order valence-electron chi connectivity index (χ2n) is 5.07. The molecule has 1 aromatic heterocycles. The van der Waals surface area contributed by atoms with Crippen LogP contribution < -0.4 is 5.73 Å². The molecule has 1 aromatic carbocycles. The fourth-order valence-corrected chi connectivity index (χ4v) is 5.81. The van der Waals surface area contributed by atoms with E-state index in [1.165, 1.54) is 16.7 Å². The maximum Gasteiger partial charge on any atom is 0.260 e. The van der Waals surface area contributed by atoms with Gasteiger partial charge in [-0.1, -0.05) is 24.3 Å². The van der Waals surface area contributed by atoms with Crippen LogP contribution in [-0.2, 0) is 28.6 Å². The molecule has 1 aliphatic carbocycles. The highest BCUT2D eigenvalue weighted by Crippen LogP contribution is 2.44. The quantitative estimate of drug-likeness (QED) is 0.809. The molecule has 2 heterocycles. The monoisotopic (exact) mass is 304 g/mol. The van der Waals surface area contributed by atoms with Gasteiger partial charge in [0.25, 0.3) is 10.0 Å². The molecule has 0 saturated carbocycles. The minimum Gasteiger partial charge on any atom is -0.382 e. The SMILES string of the molecule is NC1=NS(=O)(=O)Cc2sc3c(c21)CCc1ccccc1-3. The third-order valence-electron chi connectivity index (χ3n) is 3.79.